The molecule has 0 amide bonds. The van der Waals surface area contributed by atoms with Gasteiger partial charge in [0.25, 0.3) is 0 Å². The molecule has 4 heteroatoms. The van der Waals surface area contributed by atoms with Gasteiger partial charge in [-0.15, -0.1) is 0 Å². The third kappa shape index (κ3) is 4.21. The summed E-state index contributed by atoms with van der Waals surface area (Å²) >= 11 is 0. The Morgan fingerprint density at radius 3 is 2.94 bits per heavy atom. The largest absolute Gasteiger partial charge is 0.378 e. The predicted molar refractivity (Wildman–Crippen MR) is 70.3 cm³/mol. The second-order valence-electron chi connectivity index (χ2n) is 5.16. The Kier molecular flexibility index (Phi) is 5.71. The first-order valence-corrected chi connectivity index (χ1v) is 7.15. The second-order valence-corrected chi connectivity index (χ2v) is 5.16. The second kappa shape index (κ2) is 7.31. The number of piperazine rings is 1. The van der Waals surface area contributed by atoms with Gasteiger partial charge in [0.1, 0.15) is 0 Å². The molecule has 2 unspecified atom stereocenters. The minimum Gasteiger partial charge on any atom is -0.378 e. The van der Waals surface area contributed by atoms with Gasteiger partial charge in [-0.25, -0.2) is 0 Å². The van der Waals surface area contributed by atoms with E-state index < -0.39 is 0 Å². The van der Waals surface area contributed by atoms with E-state index in [2.05, 4.69) is 22.5 Å². The van der Waals surface area contributed by atoms with Crippen LogP contribution in [0.2, 0.25) is 0 Å². The van der Waals surface area contributed by atoms with E-state index in [1.54, 1.807) is 0 Å². The molecule has 0 saturated carbocycles. The van der Waals surface area contributed by atoms with E-state index in [9.17, 15) is 0 Å². The normalized spacial score (nSPS) is 30.9. The highest BCUT2D eigenvalue weighted by molar-refractivity contribution is 4.77. The Morgan fingerprint density at radius 1 is 1.35 bits per heavy atom. The molecule has 2 heterocycles. The summed E-state index contributed by atoms with van der Waals surface area (Å²) in [5, 5.41) is 6.98. The third-order valence-corrected chi connectivity index (χ3v) is 3.97. The Labute approximate surface area is 105 Å². The van der Waals surface area contributed by atoms with E-state index in [0.717, 1.165) is 45.1 Å². The van der Waals surface area contributed by atoms with Crippen LogP contribution >= 0.6 is 0 Å². The summed E-state index contributed by atoms with van der Waals surface area (Å²) in [4.78, 5) is 2.53. The summed E-state index contributed by atoms with van der Waals surface area (Å²) in [6, 6.07) is 0. The maximum atomic E-state index is 5.70. The van der Waals surface area contributed by atoms with Crippen LogP contribution in [0.15, 0.2) is 0 Å². The molecular weight excluding hydrogens is 214 g/mol. The lowest BCUT2D eigenvalue weighted by Crippen LogP contribution is -2.46. The minimum absolute atomic E-state index is 0.502. The topological polar surface area (TPSA) is 36.5 Å². The lowest BCUT2D eigenvalue weighted by molar-refractivity contribution is 0.0871. The lowest BCUT2D eigenvalue weighted by atomic mass is 10.00. The Bertz CT molecular complexity index is 207. The zero-order valence-corrected chi connectivity index (χ0v) is 11.1. The van der Waals surface area contributed by atoms with Crippen LogP contribution < -0.4 is 10.6 Å². The maximum Gasteiger partial charge on any atom is 0.0613 e. The molecule has 0 aliphatic carbocycles. The molecule has 4 nitrogen and oxygen atoms in total. The fourth-order valence-corrected chi connectivity index (χ4v) is 2.84. The third-order valence-electron chi connectivity index (χ3n) is 3.97. The molecule has 0 bridgehead atoms. The van der Waals surface area contributed by atoms with Crippen LogP contribution in [0.25, 0.3) is 0 Å². The van der Waals surface area contributed by atoms with Crippen molar-refractivity contribution in [1.82, 2.24) is 15.5 Å². The van der Waals surface area contributed by atoms with Crippen LogP contribution in [-0.2, 0) is 4.74 Å². The van der Waals surface area contributed by atoms with E-state index in [1.165, 1.54) is 26.1 Å². The van der Waals surface area contributed by atoms with E-state index >= 15 is 0 Å². The van der Waals surface area contributed by atoms with E-state index in [1.807, 2.05) is 0 Å². The SMILES string of the molecule is CCC1OCCC1CNCCN1CCNCC1. The van der Waals surface area contributed by atoms with Gasteiger partial charge < -0.3 is 15.4 Å². The highest BCUT2D eigenvalue weighted by Crippen LogP contribution is 2.22. The summed E-state index contributed by atoms with van der Waals surface area (Å²) in [5.74, 6) is 0.739. The van der Waals surface area contributed by atoms with Crippen LogP contribution in [0.5, 0.6) is 0 Å². The molecular formula is C13H27N3O. The van der Waals surface area contributed by atoms with Crippen molar-refractivity contribution in [3.05, 3.63) is 0 Å². The van der Waals surface area contributed by atoms with Crippen LogP contribution in [0.4, 0.5) is 0 Å². The van der Waals surface area contributed by atoms with Crippen molar-refractivity contribution in [2.24, 2.45) is 5.92 Å². The van der Waals surface area contributed by atoms with Gasteiger partial charge >= 0.3 is 0 Å². The van der Waals surface area contributed by atoms with Crippen molar-refractivity contribution in [2.45, 2.75) is 25.9 Å². The van der Waals surface area contributed by atoms with Gasteiger partial charge in [-0.3, -0.25) is 4.90 Å². The molecule has 17 heavy (non-hydrogen) atoms. The number of rotatable bonds is 6. The fourth-order valence-electron chi connectivity index (χ4n) is 2.84. The zero-order valence-electron chi connectivity index (χ0n) is 11.1. The molecule has 2 rings (SSSR count). The summed E-state index contributed by atoms with van der Waals surface area (Å²) in [7, 11) is 0. The van der Waals surface area contributed by atoms with Crippen molar-refractivity contribution < 1.29 is 4.74 Å². The minimum atomic E-state index is 0.502. The van der Waals surface area contributed by atoms with Crippen LogP contribution in [0.3, 0.4) is 0 Å². The molecule has 2 N–H and O–H groups in total. The van der Waals surface area contributed by atoms with E-state index in [4.69, 9.17) is 4.74 Å². The summed E-state index contributed by atoms with van der Waals surface area (Å²) < 4.78 is 5.70. The highest BCUT2D eigenvalue weighted by Gasteiger charge is 2.25. The van der Waals surface area contributed by atoms with Gasteiger partial charge in [-0.2, -0.15) is 0 Å². The maximum absolute atomic E-state index is 5.70. The average molecular weight is 241 g/mol. The summed E-state index contributed by atoms with van der Waals surface area (Å²) in [5.41, 5.74) is 0. The first-order valence-electron chi connectivity index (χ1n) is 7.15. The van der Waals surface area contributed by atoms with Gasteiger partial charge in [0.2, 0.25) is 0 Å². The fraction of sp³-hybridized carbons (Fsp3) is 1.00. The molecule has 2 aliphatic heterocycles. The number of hydrogen-bond donors (Lipinski definition) is 2. The van der Waals surface area contributed by atoms with E-state index in [0.29, 0.717) is 6.10 Å². The zero-order chi connectivity index (χ0) is 11.9. The molecule has 2 atom stereocenters. The quantitative estimate of drug-likeness (QED) is 0.656. The molecule has 0 aromatic rings. The number of ether oxygens (including phenoxy) is 1. The van der Waals surface area contributed by atoms with Crippen LogP contribution in [0, 0.1) is 5.92 Å². The summed E-state index contributed by atoms with van der Waals surface area (Å²) in [6.45, 7) is 11.3. The van der Waals surface area contributed by atoms with Gasteiger partial charge in [0.15, 0.2) is 0 Å². The van der Waals surface area contributed by atoms with Gasteiger partial charge in [-0.05, 0) is 18.8 Å². The molecule has 0 spiro atoms. The first-order chi connectivity index (χ1) is 8.40. The van der Waals surface area contributed by atoms with Crippen molar-refractivity contribution in [3.8, 4) is 0 Å². The Morgan fingerprint density at radius 2 is 2.18 bits per heavy atom. The first kappa shape index (κ1) is 13.3. The summed E-state index contributed by atoms with van der Waals surface area (Å²) in [6.07, 6.45) is 2.89. The predicted octanol–water partition coefficient (Wildman–Crippen LogP) is 0.296. The van der Waals surface area contributed by atoms with Crippen molar-refractivity contribution in [3.63, 3.8) is 0 Å². The van der Waals surface area contributed by atoms with Gasteiger partial charge in [0.05, 0.1) is 6.10 Å². The monoisotopic (exact) mass is 241 g/mol. The van der Waals surface area contributed by atoms with Crippen LogP contribution in [0.1, 0.15) is 19.8 Å². The molecule has 0 radical (unpaired) electrons. The lowest BCUT2D eigenvalue weighted by Gasteiger charge is -2.27. The molecule has 0 aromatic carbocycles. The van der Waals surface area contributed by atoms with Gasteiger partial charge in [0, 0.05) is 52.4 Å². The number of nitrogens with zero attached hydrogens (tertiary/aromatic N) is 1. The molecule has 2 fully saturated rings. The standard InChI is InChI=1S/C13H27N3O/c1-2-13-12(3-10-17-13)11-15-6-9-16-7-4-14-5-8-16/h12-15H,2-11H2,1H3. The van der Waals surface area contributed by atoms with E-state index in [-0.39, 0.29) is 0 Å². The smallest absolute Gasteiger partial charge is 0.0613 e. The number of nitrogens with one attached hydrogen (secondary N) is 2. The molecule has 2 saturated heterocycles. The van der Waals surface area contributed by atoms with Crippen molar-refractivity contribution in [2.75, 3.05) is 52.4 Å². The molecule has 100 valence electrons. The average Bonchev–Trinajstić information content (AvgIpc) is 2.83. The van der Waals surface area contributed by atoms with Crippen molar-refractivity contribution in [1.29, 1.82) is 0 Å². The van der Waals surface area contributed by atoms with Crippen molar-refractivity contribution >= 4 is 0 Å². The Hall–Kier alpha value is -0.160. The Balaban J connectivity index is 1.53. The van der Waals surface area contributed by atoms with Gasteiger partial charge in [-0.1, -0.05) is 6.92 Å². The molecule has 2 aliphatic rings. The number of hydrogen-bond acceptors (Lipinski definition) is 4. The van der Waals surface area contributed by atoms with Crippen LogP contribution in [-0.4, -0.2) is 63.4 Å². The molecule has 0 aromatic heterocycles. The highest BCUT2D eigenvalue weighted by atomic mass is 16.5.